The molecule has 0 fully saturated rings. The van der Waals surface area contributed by atoms with Gasteiger partial charge in [-0.05, 0) is 30.0 Å². The number of nitrogens with one attached hydrogen (secondary N) is 1. The molecule has 0 spiro atoms. The molecule has 1 aromatic heterocycles. The van der Waals surface area contributed by atoms with Crippen molar-refractivity contribution in [3.8, 4) is 0 Å². The summed E-state index contributed by atoms with van der Waals surface area (Å²) in [5, 5.41) is 19.0. The monoisotopic (exact) mass is 436 g/mol. The number of rotatable bonds is 6. The maximum Gasteiger partial charge on any atom is 0.283 e. The van der Waals surface area contributed by atoms with E-state index in [1.54, 1.807) is 41.3 Å². The third-order valence-corrected chi connectivity index (χ3v) is 5.59. The quantitative estimate of drug-likeness (QED) is 0.328. The van der Waals surface area contributed by atoms with Crippen LogP contribution in [0, 0.1) is 10.1 Å². The van der Waals surface area contributed by atoms with Crippen LogP contribution in [0.25, 0.3) is 0 Å². The summed E-state index contributed by atoms with van der Waals surface area (Å²) < 4.78 is 1.56. The predicted octanol–water partition coefficient (Wildman–Crippen LogP) is 5.12. The van der Waals surface area contributed by atoms with E-state index in [-0.39, 0.29) is 11.3 Å². The van der Waals surface area contributed by atoms with Crippen molar-refractivity contribution in [1.29, 1.82) is 0 Å². The molecule has 0 radical (unpaired) electrons. The minimum absolute atomic E-state index is 0.112. The van der Waals surface area contributed by atoms with E-state index in [0.717, 1.165) is 5.56 Å². The molecule has 0 saturated carbocycles. The van der Waals surface area contributed by atoms with Crippen LogP contribution in [0.1, 0.15) is 15.9 Å². The molecular weight excluding hydrogens is 423 g/mol. The van der Waals surface area contributed by atoms with Gasteiger partial charge in [-0.2, -0.15) is 5.10 Å². The number of hydrogen-bond donors (Lipinski definition) is 1. The van der Waals surface area contributed by atoms with E-state index in [1.807, 2.05) is 6.07 Å². The van der Waals surface area contributed by atoms with Crippen LogP contribution < -0.4 is 5.32 Å². The molecule has 144 valence electrons. The van der Waals surface area contributed by atoms with E-state index in [4.69, 9.17) is 23.2 Å². The van der Waals surface area contributed by atoms with Gasteiger partial charge in [-0.25, -0.2) is 4.68 Å². The molecule has 7 nitrogen and oxygen atoms in total. The summed E-state index contributed by atoms with van der Waals surface area (Å²) in [4.78, 5) is 23.8. The topological polar surface area (TPSA) is 90.1 Å². The first-order valence-corrected chi connectivity index (χ1v) is 9.97. The van der Waals surface area contributed by atoms with Crippen molar-refractivity contribution in [3.05, 3.63) is 79.9 Å². The van der Waals surface area contributed by atoms with Crippen molar-refractivity contribution in [2.24, 2.45) is 0 Å². The Labute approximate surface area is 174 Å². The molecule has 0 unspecified atom stereocenters. The van der Waals surface area contributed by atoms with Gasteiger partial charge in [-0.1, -0.05) is 35.3 Å². The summed E-state index contributed by atoms with van der Waals surface area (Å²) in [6.07, 6.45) is 3.27. The fourth-order valence-electron chi connectivity index (χ4n) is 2.56. The van der Waals surface area contributed by atoms with Crippen molar-refractivity contribution in [1.82, 2.24) is 9.78 Å². The molecular formula is C18H14Cl2N4O3S. The Balaban J connectivity index is 1.83. The Morgan fingerprint density at radius 2 is 2.07 bits per heavy atom. The summed E-state index contributed by atoms with van der Waals surface area (Å²) in [6, 6.07) is 11.3. The Hall–Kier alpha value is -2.55. The lowest BCUT2D eigenvalue weighted by atomic mass is 10.2. The fourth-order valence-corrected chi connectivity index (χ4v) is 3.49. The molecule has 1 heterocycles. The van der Waals surface area contributed by atoms with Crippen LogP contribution in [0.4, 0.5) is 11.5 Å². The van der Waals surface area contributed by atoms with E-state index < -0.39 is 10.8 Å². The number of anilines is 1. The van der Waals surface area contributed by atoms with Crippen molar-refractivity contribution in [2.45, 2.75) is 11.4 Å². The normalized spacial score (nSPS) is 10.7. The minimum atomic E-state index is -0.506. The Kier molecular flexibility index (Phi) is 6.23. The number of hydrogen-bond acceptors (Lipinski definition) is 5. The summed E-state index contributed by atoms with van der Waals surface area (Å²) in [5.41, 5.74) is 0.811. The lowest BCUT2D eigenvalue weighted by molar-refractivity contribution is -0.387. The van der Waals surface area contributed by atoms with Crippen LogP contribution in [0.5, 0.6) is 0 Å². The first-order valence-electron chi connectivity index (χ1n) is 7.99. The molecule has 1 amide bonds. The number of carbonyl (C=O) groups excluding carboxylic acids is 1. The molecule has 1 N–H and O–H groups in total. The SMILES string of the molecule is CSc1ccc(C(=O)Nc2ccnn2Cc2cccc(Cl)c2Cl)cc1[N+](=O)[O-]. The predicted molar refractivity (Wildman–Crippen MR) is 111 cm³/mol. The van der Waals surface area contributed by atoms with Crippen molar-refractivity contribution >= 4 is 52.4 Å². The molecule has 2 aromatic carbocycles. The lowest BCUT2D eigenvalue weighted by Crippen LogP contribution is -2.16. The molecule has 0 aliphatic carbocycles. The van der Waals surface area contributed by atoms with Crippen molar-refractivity contribution in [2.75, 3.05) is 11.6 Å². The average molecular weight is 437 g/mol. The maximum atomic E-state index is 12.6. The van der Waals surface area contributed by atoms with Crippen LogP contribution in [0.15, 0.2) is 53.6 Å². The molecule has 0 aliphatic rings. The second-order valence-corrected chi connectivity index (χ2v) is 7.32. The van der Waals surface area contributed by atoms with Gasteiger partial charge in [-0.3, -0.25) is 14.9 Å². The van der Waals surface area contributed by atoms with Crippen LogP contribution >= 0.6 is 35.0 Å². The standard InChI is InChI=1S/C18H14Cl2N4O3S/c1-28-15-6-5-11(9-14(15)24(26)27)18(25)22-16-7-8-21-23(16)10-12-3-2-4-13(19)17(12)20/h2-9H,10H2,1H3,(H,22,25). The molecule has 0 bridgehead atoms. The second kappa shape index (κ2) is 8.64. The molecule has 0 atom stereocenters. The van der Waals surface area contributed by atoms with Crippen LogP contribution in [-0.2, 0) is 6.54 Å². The number of nitro benzene ring substituents is 1. The number of carbonyl (C=O) groups is 1. The highest BCUT2D eigenvalue weighted by Gasteiger charge is 2.18. The summed E-state index contributed by atoms with van der Waals surface area (Å²) in [5.74, 6) is -0.0488. The van der Waals surface area contributed by atoms with E-state index in [9.17, 15) is 14.9 Å². The molecule has 0 aliphatic heterocycles. The van der Waals surface area contributed by atoms with E-state index in [0.29, 0.717) is 27.3 Å². The molecule has 10 heteroatoms. The third kappa shape index (κ3) is 4.30. The first-order chi connectivity index (χ1) is 13.4. The summed E-state index contributed by atoms with van der Waals surface area (Å²) in [6.45, 7) is 0.299. The highest BCUT2D eigenvalue weighted by Crippen LogP contribution is 2.29. The van der Waals surface area contributed by atoms with Gasteiger partial charge in [0.1, 0.15) is 5.82 Å². The van der Waals surface area contributed by atoms with Gasteiger partial charge in [0.25, 0.3) is 11.6 Å². The van der Waals surface area contributed by atoms with E-state index in [2.05, 4.69) is 10.4 Å². The maximum absolute atomic E-state index is 12.6. The van der Waals surface area contributed by atoms with Gasteiger partial charge in [0, 0.05) is 17.7 Å². The second-order valence-electron chi connectivity index (χ2n) is 5.68. The lowest BCUT2D eigenvalue weighted by Gasteiger charge is -2.11. The Morgan fingerprint density at radius 1 is 1.29 bits per heavy atom. The largest absolute Gasteiger partial charge is 0.307 e. The zero-order valence-electron chi connectivity index (χ0n) is 14.6. The summed E-state index contributed by atoms with van der Waals surface area (Å²) >= 11 is 13.5. The van der Waals surface area contributed by atoms with Gasteiger partial charge < -0.3 is 5.32 Å². The average Bonchev–Trinajstić information content (AvgIpc) is 3.11. The number of thioether (sulfide) groups is 1. The zero-order chi connectivity index (χ0) is 20.3. The van der Waals surface area contributed by atoms with E-state index in [1.165, 1.54) is 24.0 Å². The molecule has 0 saturated heterocycles. The van der Waals surface area contributed by atoms with Gasteiger partial charge in [0.2, 0.25) is 0 Å². The number of nitro groups is 1. The first kappa shape index (κ1) is 20.2. The van der Waals surface area contributed by atoms with Crippen LogP contribution in [0.3, 0.4) is 0 Å². The zero-order valence-corrected chi connectivity index (χ0v) is 16.9. The molecule has 28 heavy (non-hydrogen) atoms. The van der Waals surface area contributed by atoms with Gasteiger partial charge >= 0.3 is 0 Å². The number of benzene rings is 2. The number of aromatic nitrogens is 2. The fraction of sp³-hybridized carbons (Fsp3) is 0.111. The van der Waals surface area contributed by atoms with Crippen LogP contribution in [-0.4, -0.2) is 26.9 Å². The van der Waals surface area contributed by atoms with Gasteiger partial charge in [0.15, 0.2) is 0 Å². The smallest absolute Gasteiger partial charge is 0.283 e. The van der Waals surface area contributed by atoms with Gasteiger partial charge in [-0.15, -0.1) is 11.8 Å². The number of amides is 1. The summed E-state index contributed by atoms with van der Waals surface area (Å²) in [7, 11) is 0. The minimum Gasteiger partial charge on any atom is -0.307 e. The highest BCUT2D eigenvalue weighted by molar-refractivity contribution is 7.98. The highest BCUT2D eigenvalue weighted by atomic mass is 35.5. The van der Waals surface area contributed by atoms with Crippen LogP contribution in [0.2, 0.25) is 10.0 Å². The Morgan fingerprint density at radius 3 is 2.79 bits per heavy atom. The Bertz CT molecular complexity index is 1060. The number of nitrogens with zero attached hydrogens (tertiary/aromatic N) is 3. The van der Waals surface area contributed by atoms with Gasteiger partial charge in [0.05, 0.1) is 32.6 Å². The van der Waals surface area contributed by atoms with Crippen molar-refractivity contribution in [3.63, 3.8) is 0 Å². The van der Waals surface area contributed by atoms with Crippen molar-refractivity contribution < 1.29 is 9.72 Å². The third-order valence-electron chi connectivity index (χ3n) is 3.95. The number of halogens is 2. The molecule has 3 rings (SSSR count). The van der Waals surface area contributed by atoms with E-state index >= 15 is 0 Å². The molecule has 3 aromatic rings.